The summed E-state index contributed by atoms with van der Waals surface area (Å²) in [4.78, 5) is 12.4. The number of carbonyl (C=O) groups excluding carboxylic acids is 1. The summed E-state index contributed by atoms with van der Waals surface area (Å²) in [5, 5.41) is 12.2. The van der Waals surface area contributed by atoms with E-state index in [1.165, 1.54) is 16.9 Å². The molecule has 0 unspecified atom stereocenters. The molecule has 0 saturated heterocycles. The number of hydrogen-bond donors (Lipinski definition) is 1. The number of aryl methyl sites for hydroxylation is 2. The summed E-state index contributed by atoms with van der Waals surface area (Å²) in [5.74, 6) is 0.461. The summed E-state index contributed by atoms with van der Waals surface area (Å²) < 4.78 is 5.81. The number of aromatic nitrogens is 2. The van der Waals surface area contributed by atoms with Crippen LogP contribution in [0.4, 0.5) is 5.13 Å². The highest BCUT2D eigenvalue weighted by atomic mass is 32.1. The van der Waals surface area contributed by atoms with Crippen molar-refractivity contribution in [3.05, 3.63) is 59.2 Å². The van der Waals surface area contributed by atoms with Crippen molar-refractivity contribution in [1.82, 2.24) is 10.2 Å². The number of carbonyl (C=O) groups is 1. The lowest BCUT2D eigenvalue weighted by molar-refractivity contribution is -0.122. The second-order valence-electron chi connectivity index (χ2n) is 6.23. The van der Waals surface area contributed by atoms with Gasteiger partial charge in [0.1, 0.15) is 10.8 Å². The predicted octanol–water partition coefficient (Wildman–Crippen LogP) is 4.54. The van der Waals surface area contributed by atoms with Crippen LogP contribution in [0.2, 0.25) is 0 Å². The average molecular weight is 367 g/mol. The molecule has 1 N–H and O–H groups in total. The van der Waals surface area contributed by atoms with Gasteiger partial charge in [0.25, 0.3) is 5.91 Å². The third-order valence-corrected chi connectivity index (χ3v) is 5.07. The lowest BCUT2D eigenvalue weighted by Crippen LogP contribution is -2.30. The maximum Gasteiger partial charge on any atom is 0.266 e. The van der Waals surface area contributed by atoms with Gasteiger partial charge in [0.05, 0.1) is 0 Å². The molecule has 6 heteroatoms. The molecule has 0 aliphatic carbocycles. The summed E-state index contributed by atoms with van der Waals surface area (Å²) in [6.45, 7) is 7.75. The number of amides is 1. The monoisotopic (exact) mass is 367 g/mol. The van der Waals surface area contributed by atoms with E-state index in [4.69, 9.17) is 4.74 Å². The van der Waals surface area contributed by atoms with Crippen molar-refractivity contribution >= 4 is 22.4 Å². The molecule has 3 rings (SSSR count). The van der Waals surface area contributed by atoms with Gasteiger partial charge >= 0.3 is 0 Å². The smallest absolute Gasteiger partial charge is 0.266 e. The molecule has 0 fully saturated rings. The summed E-state index contributed by atoms with van der Waals surface area (Å²) >= 11 is 1.34. The van der Waals surface area contributed by atoms with Crippen LogP contribution in [0.25, 0.3) is 10.6 Å². The van der Waals surface area contributed by atoms with E-state index >= 15 is 0 Å². The first kappa shape index (κ1) is 18.1. The molecule has 5 nitrogen and oxygen atoms in total. The second kappa shape index (κ2) is 7.66. The maximum atomic E-state index is 12.4. The van der Waals surface area contributed by atoms with Crippen molar-refractivity contribution < 1.29 is 9.53 Å². The zero-order chi connectivity index (χ0) is 18.7. The van der Waals surface area contributed by atoms with Crippen molar-refractivity contribution in [3.8, 4) is 16.3 Å². The molecule has 3 aromatic rings. The summed E-state index contributed by atoms with van der Waals surface area (Å²) in [7, 11) is 0. The minimum atomic E-state index is -0.637. The molecule has 0 aliphatic rings. The van der Waals surface area contributed by atoms with Gasteiger partial charge in [0.2, 0.25) is 5.13 Å². The Bertz CT molecular complexity index is 919. The summed E-state index contributed by atoms with van der Waals surface area (Å²) in [6.07, 6.45) is -0.637. The summed E-state index contributed by atoms with van der Waals surface area (Å²) in [5.41, 5.74) is 4.32. The van der Waals surface area contributed by atoms with E-state index in [2.05, 4.69) is 15.5 Å². The SMILES string of the molecule is Cc1ccc(-c2nnc(NC(=O)[C@@H](C)Oc3cccc(C)c3C)s2)cc1. The van der Waals surface area contributed by atoms with Gasteiger partial charge in [-0.3, -0.25) is 10.1 Å². The second-order valence-corrected chi connectivity index (χ2v) is 7.20. The number of nitrogens with one attached hydrogen (secondary N) is 1. The van der Waals surface area contributed by atoms with E-state index < -0.39 is 6.10 Å². The number of ether oxygens (including phenoxy) is 1. The lowest BCUT2D eigenvalue weighted by Gasteiger charge is -2.16. The van der Waals surface area contributed by atoms with Gasteiger partial charge in [0, 0.05) is 5.56 Å². The Hall–Kier alpha value is -2.73. The van der Waals surface area contributed by atoms with Crippen LogP contribution in [-0.4, -0.2) is 22.2 Å². The van der Waals surface area contributed by atoms with Crippen molar-refractivity contribution in [3.63, 3.8) is 0 Å². The molecule has 134 valence electrons. The highest BCUT2D eigenvalue weighted by molar-refractivity contribution is 7.18. The Kier molecular flexibility index (Phi) is 5.32. The van der Waals surface area contributed by atoms with Crippen LogP contribution in [0.5, 0.6) is 5.75 Å². The minimum Gasteiger partial charge on any atom is -0.481 e. The fourth-order valence-corrected chi connectivity index (χ4v) is 3.14. The predicted molar refractivity (Wildman–Crippen MR) is 105 cm³/mol. The Morgan fingerprint density at radius 1 is 1.08 bits per heavy atom. The molecule has 0 spiro atoms. The highest BCUT2D eigenvalue weighted by Gasteiger charge is 2.18. The maximum absolute atomic E-state index is 12.4. The average Bonchev–Trinajstić information content (AvgIpc) is 3.08. The zero-order valence-electron chi connectivity index (χ0n) is 15.2. The topological polar surface area (TPSA) is 64.1 Å². The Morgan fingerprint density at radius 2 is 1.81 bits per heavy atom. The molecule has 1 atom stereocenters. The molecule has 0 radical (unpaired) electrons. The largest absolute Gasteiger partial charge is 0.481 e. The molecule has 0 saturated carbocycles. The molecule has 1 amide bonds. The molecule has 2 aromatic carbocycles. The Balaban J connectivity index is 1.66. The Labute approximate surface area is 157 Å². The molecule has 1 aromatic heterocycles. The minimum absolute atomic E-state index is 0.252. The number of rotatable bonds is 5. The number of nitrogens with zero attached hydrogens (tertiary/aromatic N) is 2. The van der Waals surface area contributed by atoms with Crippen LogP contribution in [0.1, 0.15) is 23.6 Å². The van der Waals surface area contributed by atoms with Gasteiger partial charge in [-0.15, -0.1) is 10.2 Å². The van der Waals surface area contributed by atoms with Crippen molar-refractivity contribution in [1.29, 1.82) is 0 Å². The standard InChI is InChI=1S/C20H21N3O2S/c1-12-8-10-16(11-9-12)19-22-23-20(26-19)21-18(24)15(4)25-17-7-5-6-13(2)14(17)3/h5-11,15H,1-4H3,(H,21,23,24)/t15-/m1/s1. The first-order valence-corrected chi connectivity index (χ1v) is 9.20. The van der Waals surface area contributed by atoms with Crippen LogP contribution < -0.4 is 10.1 Å². The van der Waals surface area contributed by atoms with E-state index in [1.54, 1.807) is 6.92 Å². The molecular weight excluding hydrogens is 346 g/mol. The number of benzene rings is 2. The fraction of sp³-hybridized carbons (Fsp3) is 0.250. The van der Waals surface area contributed by atoms with E-state index in [0.29, 0.717) is 10.9 Å². The van der Waals surface area contributed by atoms with Crippen LogP contribution in [0, 0.1) is 20.8 Å². The molecule has 1 heterocycles. The van der Waals surface area contributed by atoms with Gasteiger partial charge in [-0.05, 0) is 44.9 Å². The van der Waals surface area contributed by atoms with Crippen molar-refractivity contribution in [2.24, 2.45) is 0 Å². The highest BCUT2D eigenvalue weighted by Crippen LogP contribution is 2.27. The van der Waals surface area contributed by atoms with Crippen molar-refractivity contribution in [2.75, 3.05) is 5.32 Å². The van der Waals surface area contributed by atoms with Gasteiger partial charge in [-0.1, -0.05) is 53.3 Å². The van der Waals surface area contributed by atoms with Gasteiger partial charge < -0.3 is 4.74 Å². The van der Waals surface area contributed by atoms with Gasteiger partial charge in [-0.2, -0.15) is 0 Å². The van der Waals surface area contributed by atoms with Crippen LogP contribution in [0.15, 0.2) is 42.5 Å². The van der Waals surface area contributed by atoms with E-state index in [1.807, 2.05) is 63.2 Å². The molecule has 26 heavy (non-hydrogen) atoms. The third kappa shape index (κ3) is 4.08. The Morgan fingerprint density at radius 3 is 2.54 bits per heavy atom. The van der Waals surface area contributed by atoms with Crippen LogP contribution in [-0.2, 0) is 4.79 Å². The number of anilines is 1. The molecule has 0 bridgehead atoms. The van der Waals surface area contributed by atoms with Gasteiger partial charge in [-0.25, -0.2) is 0 Å². The normalized spacial score (nSPS) is 11.8. The quantitative estimate of drug-likeness (QED) is 0.719. The zero-order valence-corrected chi connectivity index (χ0v) is 16.1. The van der Waals surface area contributed by atoms with Crippen LogP contribution in [0.3, 0.4) is 0 Å². The van der Waals surface area contributed by atoms with E-state index in [9.17, 15) is 4.79 Å². The van der Waals surface area contributed by atoms with E-state index in [-0.39, 0.29) is 5.91 Å². The third-order valence-electron chi connectivity index (χ3n) is 4.18. The first-order valence-electron chi connectivity index (χ1n) is 8.38. The van der Waals surface area contributed by atoms with Crippen molar-refractivity contribution in [2.45, 2.75) is 33.8 Å². The fourth-order valence-electron chi connectivity index (χ4n) is 2.39. The lowest BCUT2D eigenvalue weighted by atomic mass is 10.1. The summed E-state index contributed by atoms with van der Waals surface area (Å²) in [6, 6.07) is 13.8. The molecular formula is C20H21N3O2S. The number of hydrogen-bond acceptors (Lipinski definition) is 5. The first-order chi connectivity index (χ1) is 12.4. The van der Waals surface area contributed by atoms with Crippen LogP contribution >= 0.6 is 11.3 Å². The molecule has 0 aliphatic heterocycles. The van der Waals surface area contributed by atoms with E-state index in [0.717, 1.165) is 21.7 Å². The van der Waals surface area contributed by atoms with Gasteiger partial charge in [0.15, 0.2) is 6.10 Å².